The molecule has 4 rings (SSSR count). The number of hydrogen-bond acceptors (Lipinski definition) is 3. The summed E-state index contributed by atoms with van der Waals surface area (Å²) in [6.45, 7) is 12.8. The molecule has 0 fully saturated rings. The van der Waals surface area contributed by atoms with Gasteiger partial charge >= 0.3 is 0 Å². The van der Waals surface area contributed by atoms with E-state index in [1.807, 2.05) is 36.4 Å². The van der Waals surface area contributed by atoms with Gasteiger partial charge in [-0.1, -0.05) is 65.8 Å². The van der Waals surface area contributed by atoms with E-state index in [9.17, 15) is 5.11 Å². The highest BCUT2D eigenvalue weighted by molar-refractivity contribution is 5.83. The molecule has 0 spiro atoms. The van der Waals surface area contributed by atoms with Crippen LogP contribution in [-0.4, -0.2) is 21.8 Å². The molecule has 1 aromatic heterocycles. The van der Waals surface area contributed by atoms with Gasteiger partial charge in [0.25, 0.3) is 0 Å². The van der Waals surface area contributed by atoms with Gasteiger partial charge in [-0.05, 0) is 47.2 Å². The summed E-state index contributed by atoms with van der Waals surface area (Å²) in [7, 11) is 1.67. The SMILES string of the molecule is COc1cccc(-c2nc3ccccc3n2-c2cc(C(C)(C)C)c(O)c(C(C)(C)C)c2)c1. The topological polar surface area (TPSA) is 47.3 Å². The summed E-state index contributed by atoms with van der Waals surface area (Å²) in [5, 5.41) is 11.2. The quantitative estimate of drug-likeness (QED) is 0.382. The number of hydrogen-bond donors (Lipinski definition) is 1. The molecule has 0 radical (unpaired) electrons. The molecule has 32 heavy (non-hydrogen) atoms. The maximum Gasteiger partial charge on any atom is 0.145 e. The summed E-state index contributed by atoms with van der Waals surface area (Å²) in [4.78, 5) is 4.99. The van der Waals surface area contributed by atoms with E-state index in [2.05, 4.69) is 70.4 Å². The Bertz CT molecular complexity index is 1250. The van der Waals surface area contributed by atoms with Crippen molar-refractivity contribution in [2.45, 2.75) is 52.4 Å². The molecule has 0 saturated heterocycles. The van der Waals surface area contributed by atoms with E-state index in [1.54, 1.807) is 7.11 Å². The van der Waals surface area contributed by atoms with Crippen LogP contribution in [-0.2, 0) is 10.8 Å². The van der Waals surface area contributed by atoms with Crippen molar-refractivity contribution < 1.29 is 9.84 Å². The number of aromatic nitrogens is 2. The van der Waals surface area contributed by atoms with Crippen LogP contribution in [0.3, 0.4) is 0 Å². The molecule has 0 bridgehead atoms. The zero-order valence-electron chi connectivity index (χ0n) is 20.0. The fourth-order valence-electron chi connectivity index (χ4n) is 4.13. The van der Waals surface area contributed by atoms with Crippen LogP contribution in [0.15, 0.2) is 60.7 Å². The van der Waals surface area contributed by atoms with E-state index in [0.717, 1.165) is 45.0 Å². The fraction of sp³-hybridized carbons (Fsp3) is 0.321. The Balaban J connectivity index is 2.10. The van der Waals surface area contributed by atoms with E-state index in [1.165, 1.54) is 0 Å². The van der Waals surface area contributed by atoms with Gasteiger partial charge in [0.1, 0.15) is 17.3 Å². The molecule has 1 N–H and O–H groups in total. The second-order valence-corrected chi connectivity index (χ2v) is 10.4. The number of fused-ring (bicyclic) bond motifs is 1. The number of phenolic OH excluding ortho intramolecular Hbond substituents is 1. The standard InChI is InChI=1S/C28H32N2O2/c1-27(2,3)21-16-19(17-22(25(21)31)28(4,5)6)30-24-14-9-8-13-23(24)29-26(30)18-11-10-12-20(15-18)32-7/h8-17,31H,1-7H3. The van der Waals surface area contributed by atoms with Crippen molar-refractivity contribution in [2.75, 3.05) is 7.11 Å². The number of benzene rings is 3. The van der Waals surface area contributed by atoms with Gasteiger partial charge in [-0.2, -0.15) is 0 Å². The average molecular weight is 429 g/mol. The zero-order valence-corrected chi connectivity index (χ0v) is 20.0. The largest absolute Gasteiger partial charge is 0.507 e. The minimum atomic E-state index is -0.216. The Hall–Kier alpha value is -3.27. The number of rotatable bonds is 3. The van der Waals surface area contributed by atoms with Crippen LogP contribution in [0.4, 0.5) is 0 Å². The zero-order chi connectivity index (χ0) is 23.3. The lowest BCUT2D eigenvalue weighted by Crippen LogP contribution is -2.18. The predicted molar refractivity (Wildman–Crippen MR) is 132 cm³/mol. The molecule has 4 nitrogen and oxygen atoms in total. The lowest BCUT2D eigenvalue weighted by Gasteiger charge is -2.28. The van der Waals surface area contributed by atoms with Crippen molar-refractivity contribution in [1.82, 2.24) is 9.55 Å². The second kappa shape index (κ2) is 7.70. The van der Waals surface area contributed by atoms with E-state index in [4.69, 9.17) is 9.72 Å². The highest BCUT2D eigenvalue weighted by Gasteiger charge is 2.28. The third kappa shape index (κ3) is 3.86. The molecular formula is C28H32N2O2. The first kappa shape index (κ1) is 21.9. The molecule has 0 aliphatic rings. The highest BCUT2D eigenvalue weighted by atomic mass is 16.5. The van der Waals surface area contributed by atoms with Crippen molar-refractivity contribution in [3.63, 3.8) is 0 Å². The van der Waals surface area contributed by atoms with Gasteiger partial charge < -0.3 is 9.84 Å². The number of aromatic hydroxyl groups is 1. The van der Waals surface area contributed by atoms with Crippen molar-refractivity contribution in [3.8, 4) is 28.6 Å². The monoisotopic (exact) mass is 428 g/mol. The van der Waals surface area contributed by atoms with Gasteiger partial charge in [-0.25, -0.2) is 4.98 Å². The first-order chi connectivity index (χ1) is 15.0. The Morgan fingerprint density at radius 2 is 1.44 bits per heavy atom. The van der Waals surface area contributed by atoms with Crippen LogP contribution >= 0.6 is 0 Å². The molecule has 0 atom stereocenters. The number of para-hydroxylation sites is 2. The lowest BCUT2D eigenvalue weighted by molar-refractivity contribution is 0.415. The first-order valence-corrected chi connectivity index (χ1v) is 11.0. The Morgan fingerprint density at radius 3 is 2.03 bits per heavy atom. The molecule has 4 heteroatoms. The van der Waals surface area contributed by atoms with E-state index in [0.29, 0.717) is 5.75 Å². The van der Waals surface area contributed by atoms with E-state index < -0.39 is 0 Å². The van der Waals surface area contributed by atoms with E-state index in [-0.39, 0.29) is 10.8 Å². The molecule has 0 aliphatic carbocycles. The Kier molecular flexibility index (Phi) is 5.28. The minimum Gasteiger partial charge on any atom is -0.507 e. The van der Waals surface area contributed by atoms with Gasteiger partial charge in [0.05, 0.1) is 18.1 Å². The van der Waals surface area contributed by atoms with Crippen LogP contribution in [0.2, 0.25) is 0 Å². The molecule has 0 amide bonds. The number of nitrogens with zero attached hydrogens (tertiary/aromatic N) is 2. The normalized spacial score (nSPS) is 12.3. The summed E-state index contributed by atoms with van der Waals surface area (Å²) < 4.78 is 7.66. The fourth-order valence-corrected chi connectivity index (χ4v) is 4.13. The van der Waals surface area contributed by atoms with Crippen LogP contribution in [0.5, 0.6) is 11.5 Å². The summed E-state index contributed by atoms with van der Waals surface area (Å²) in [5.74, 6) is 2.01. The van der Waals surface area contributed by atoms with Crippen molar-refractivity contribution in [3.05, 3.63) is 71.8 Å². The van der Waals surface area contributed by atoms with Gasteiger partial charge in [0.15, 0.2) is 0 Å². The van der Waals surface area contributed by atoms with Crippen LogP contribution < -0.4 is 4.74 Å². The van der Waals surface area contributed by atoms with Crippen LogP contribution in [0.25, 0.3) is 28.1 Å². The maximum absolute atomic E-state index is 11.2. The van der Waals surface area contributed by atoms with Gasteiger partial charge in [0.2, 0.25) is 0 Å². The minimum absolute atomic E-state index is 0.216. The molecule has 166 valence electrons. The van der Waals surface area contributed by atoms with Crippen molar-refractivity contribution >= 4 is 11.0 Å². The lowest BCUT2D eigenvalue weighted by atomic mass is 9.79. The molecule has 0 aliphatic heterocycles. The number of imidazole rings is 1. The summed E-state index contributed by atoms with van der Waals surface area (Å²) in [6.07, 6.45) is 0. The first-order valence-electron chi connectivity index (χ1n) is 11.0. The highest BCUT2D eigenvalue weighted by Crippen LogP contribution is 2.42. The van der Waals surface area contributed by atoms with Crippen molar-refractivity contribution in [1.29, 1.82) is 0 Å². The van der Waals surface area contributed by atoms with Gasteiger partial charge in [-0.3, -0.25) is 4.57 Å². The Labute approximate surface area is 190 Å². The molecule has 4 aromatic rings. The third-order valence-electron chi connectivity index (χ3n) is 5.86. The molecular weight excluding hydrogens is 396 g/mol. The molecule has 0 unspecified atom stereocenters. The molecule has 0 saturated carbocycles. The molecule has 3 aromatic carbocycles. The van der Waals surface area contributed by atoms with Crippen LogP contribution in [0.1, 0.15) is 52.7 Å². The third-order valence-corrected chi connectivity index (χ3v) is 5.86. The molecule has 1 heterocycles. The number of methoxy groups -OCH3 is 1. The van der Waals surface area contributed by atoms with E-state index >= 15 is 0 Å². The predicted octanol–water partition coefficient (Wildman–Crippen LogP) is 7.00. The second-order valence-electron chi connectivity index (χ2n) is 10.4. The smallest absolute Gasteiger partial charge is 0.145 e. The Morgan fingerprint density at radius 1 is 0.812 bits per heavy atom. The van der Waals surface area contributed by atoms with Gasteiger partial charge in [0, 0.05) is 22.4 Å². The van der Waals surface area contributed by atoms with Gasteiger partial charge in [-0.15, -0.1) is 0 Å². The maximum atomic E-state index is 11.2. The number of phenols is 1. The number of ether oxygens (including phenoxy) is 1. The van der Waals surface area contributed by atoms with Crippen LogP contribution in [0, 0.1) is 0 Å². The summed E-state index contributed by atoms with van der Waals surface area (Å²) in [5.41, 5.74) is 5.33. The van der Waals surface area contributed by atoms with Crippen molar-refractivity contribution in [2.24, 2.45) is 0 Å². The summed E-state index contributed by atoms with van der Waals surface area (Å²) >= 11 is 0. The average Bonchev–Trinajstić information content (AvgIpc) is 3.12. The summed E-state index contributed by atoms with van der Waals surface area (Å²) in [6, 6.07) is 20.3.